The van der Waals surface area contributed by atoms with Gasteiger partial charge in [-0.1, -0.05) is 20.8 Å². The SMILES string of the molecule is CC(C)CC(C)C(=O)N[C@@H](C)C(=O)O. The highest BCUT2D eigenvalue weighted by Crippen LogP contribution is 2.10. The van der Waals surface area contributed by atoms with Gasteiger partial charge in [-0.3, -0.25) is 9.59 Å². The summed E-state index contributed by atoms with van der Waals surface area (Å²) in [5, 5.41) is 11.0. The summed E-state index contributed by atoms with van der Waals surface area (Å²) in [6.45, 7) is 7.33. The average molecular weight is 201 g/mol. The molecular formula is C10H19NO3. The third-order valence-corrected chi connectivity index (χ3v) is 2.00. The number of carbonyl (C=O) groups excluding carboxylic acids is 1. The van der Waals surface area contributed by atoms with Crippen LogP contribution in [0.3, 0.4) is 0 Å². The molecule has 0 bridgehead atoms. The van der Waals surface area contributed by atoms with Crippen LogP contribution < -0.4 is 5.32 Å². The predicted molar refractivity (Wildman–Crippen MR) is 53.9 cm³/mol. The van der Waals surface area contributed by atoms with E-state index in [-0.39, 0.29) is 11.8 Å². The zero-order valence-corrected chi connectivity index (χ0v) is 9.20. The van der Waals surface area contributed by atoms with Crippen molar-refractivity contribution in [3.8, 4) is 0 Å². The van der Waals surface area contributed by atoms with E-state index in [9.17, 15) is 9.59 Å². The van der Waals surface area contributed by atoms with Gasteiger partial charge in [0.15, 0.2) is 0 Å². The van der Waals surface area contributed by atoms with Crippen LogP contribution in [0, 0.1) is 11.8 Å². The Morgan fingerprint density at radius 1 is 1.21 bits per heavy atom. The molecule has 0 saturated carbocycles. The van der Waals surface area contributed by atoms with Crippen molar-refractivity contribution in [1.29, 1.82) is 0 Å². The van der Waals surface area contributed by atoms with Crippen LogP contribution in [0.25, 0.3) is 0 Å². The van der Waals surface area contributed by atoms with Crippen LogP contribution in [0.1, 0.15) is 34.1 Å². The first-order chi connectivity index (χ1) is 6.34. The van der Waals surface area contributed by atoms with Crippen LogP contribution in [0.2, 0.25) is 0 Å². The lowest BCUT2D eigenvalue weighted by atomic mass is 9.98. The second-order valence-electron chi connectivity index (χ2n) is 4.10. The molecule has 1 amide bonds. The Labute approximate surface area is 84.7 Å². The van der Waals surface area contributed by atoms with Gasteiger partial charge in [-0.25, -0.2) is 0 Å². The van der Waals surface area contributed by atoms with Crippen LogP contribution in [0.4, 0.5) is 0 Å². The number of nitrogens with one attached hydrogen (secondary N) is 1. The fourth-order valence-corrected chi connectivity index (χ4v) is 1.23. The number of carboxylic acid groups (broad SMARTS) is 1. The highest BCUT2D eigenvalue weighted by atomic mass is 16.4. The van der Waals surface area contributed by atoms with Crippen molar-refractivity contribution in [1.82, 2.24) is 5.32 Å². The van der Waals surface area contributed by atoms with Crippen LogP contribution >= 0.6 is 0 Å². The standard InChI is InChI=1S/C10H19NO3/c1-6(2)5-7(3)9(12)11-8(4)10(13)14/h6-8H,5H2,1-4H3,(H,11,12)(H,13,14)/t7?,8-/m0/s1. The van der Waals surface area contributed by atoms with Gasteiger partial charge in [-0.05, 0) is 19.3 Å². The van der Waals surface area contributed by atoms with Crippen LogP contribution in [-0.4, -0.2) is 23.0 Å². The van der Waals surface area contributed by atoms with Crippen molar-refractivity contribution >= 4 is 11.9 Å². The van der Waals surface area contributed by atoms with Crippen molar-refractivity contribution in [2.45, 2.75) is 40.2 Å². The number of carboxylic acids is 1. The zero-order valence-electron chi connectivity index (χ0n) is 9.20. The summed E-state index contributed by atoms with van der Waals surface area (Å²) in [7, 11) is 0. The van der Waals surface area contributed by atoms with E-state index in [1.165, 1.54) is 6.92 Å². The van der Waals surface area contributed by atoms with Crippen molar-refractivity contribution in [2.75, 3.05) is 0 Å². The van der Waals surface area contributed by atoms with Gasteiger partial charge in [0.25, 0.3) is 0 Å². The lowest BCUT2D eigenvalue weighted by Gasteiger charge is -2.16. The summed E-state index contributed by atoms with van der Waals surface area (Å²) in [5.41, 5.74) is 0. The van der Waals surface area contributed by atoms with Gasteiger partial charge in [-0.2, -0.15) is 0 Å². The van der Waals surface area contributed by atoms with E-state index in [0.29, 0.717) is 5.92 Å². The molecule has 1 unspecified atom stereocenters. The molecule has 2 N–H and O–H groups in total. The van der Waals surface area contributed by atoms with Crippen LogP contribution in [0.5, 0.6) is 0 Å². The first-order valence-corrected chi connectivity index (χ1v) is 4.87. The highest BCUT2D eigenvalue weighted by Gasteiger charge is 2.19. The lowest BCUT2D eigenvalue weighted by Crippen LogP contribution is -2.41. The molecule has 0 heterocycles. The third kappa shape index (κ3) is 4.84. The Hall–Kier alpha value is -1.06. The molecule has 2 atom stereocenters. The summed E-state index contributed by atoms with van der Waals surface area (Å²) < 4.78 is 0. The summed E-state index contributed by atoms with van der Waals surface area (Å²) in [5.74, 6) is -0.878. The Morgan fingerprint density at radius 2 is 1.71 bits per heavy atom. The number of carbonyl (C=O) groups is 2. The second kappa shape index (κ2) is 5.62. The van der Waals surface area contributed by atoms with Gasteiger partial charge in [0, 0.05) is 5.92 Å². The third-order valence-electron chi connectivity index (χ3n) is 2.00. The number of hydrogen-bond acceptors (Lipinski definition) is 2. The average Bonchev–Trinajstić information content (AvgIpc) is 2.02. The van der Waals surface area contributed by atoms with Gasteiger partial charge in [0.2, 0.25) is 5.91 Å². The highest BCUT2D eigenvalue weighted by molar-refractivity contribution is 5.84. The van der Waals surface area contributed by atoms with E-state index in [2.05, 4.69) is 5.32 Å². The molecular weight excluding hydrogens is 182 g/mol. The fourth-order valence-electron chi connectivity index (χ4n) is 1.23. The van der Waals surface area contributed by atoms with Crippen molar-refractivity contribution in [3.63, 3.8) is 0 Å². The summed E-state index contributed by atoms with van der Waals surface area (Å²) >= 11 is 0. The number of rotatable bonds is 5. The maximum absolute atomic E-state index is 11.4. The molecule has 0 spiro atoms. The Morgan fingerprint density at radius 3 is 2.07 bits per heavy atom. The quantitative estimate of drug-likeness (QED) is 0.703. The molecule has 0 aliphatic carbocycles. The van der Waals surface area contributed by atoms with Crippen LogP contribution in [-0.2, 0) is 9.59 Å². The first kappa shape index (κ1) is 12.9. The largest absolute Gasteiger partial charge is 0.480 e. The molecule has 0 aromatic heterocycles. The van der Waals surface area contributed by atoms with Gasteiger partial charge < -0.3 is 10.4 Å². The molecule has 0 rings (SSSR count). The van der Waals surface area contributed by atoms with Crippen molar-refractivity contribution in [3.05, 3.63) is 0 Å². The molecule has 0 aromatic carbocycles. The zero-order chi connectivity index (χ0) is 11.3. The van der Waals surface area contributed by atoms with Crippen LogP contribution in [0.15, 0.2) is 0 Å². The predicted octanol–water partition coefficient (Wildman–Crippen LogP) is 1.26. The number of hydrogen-bond donors (Lipinski definition) is 2. The van der Waals surface area contributed by atoms with E-state index < -0.39 is 12.0 Å². The molecule has 0 aromatic rings. The Balaban J connectivity index is 4.01. The number of amides is 1. The monoisotopic (exact) mass is 201 g/mol. The van der Waals surface area contributed by atoms with E-state index in [1.807, 2.05) is 20.8 Å². The minimum absolute atomic E-state index is 0.128. The molecule has 0 radical (unpaired) electrons. The summed E-state index contributed by atoms with van der Waals surface area (Å²) in [6.07, 6.45) is 0.776. The van der Waals surface area contributed by atoms with Gasteiger partial charge in [-0.15, -0.1) is 0 Å². The normalized spacial score (nSPS) is 14.9. The van der Waals surface area contributed by atoms with Gasteiger partial charge >= 0.3 is 5.97 Å². The second-order valence-corrected chi connectivity index (χ2v) is 4.10. The molecule has 14 heavy (non-hydrogen) atoms. The van der Waals surface area contributed by atoms with Crippen molar-refractivity contribution < 1.29 is 14.7 Å². The maximum Gasteiger partial charge on any atom is 0.325 e. The Bertz CT molecular complexity index is 213. The molecule has 0 aliphatic rings. The van der Waals surface area contributed by atoms with E-state index >= 15 is 0 Å². The molecule has 82 valence electrons. The minimum atomic E-state index is -1.00. The topological polar surface area (TPSA) is 66.4 Å². The summed E-state index contributed by atoms with van der Waals surface area (Å²) in [4.78, 5) is 21.9. The molecule has 0 fully saturated rings. The van der Waals surface area contributed by atoms with Crippen molar-refractivity contribution in [2.24, 2.45) is 11.8 Å². The smallest absolute Gasteiger partial charge is 0.325 e. The molecule has 0 aliphatic heterocycles. The maximum atomic E-state index is 11.4. The van der Waals surface area contributed by atoms with Gasteiger partial charge in [0.1, 0.15) is 6.04 Å². The fraction of sp³-hybridized carbons (Fsp3) is 0.800. The van der Waals surface area contributed by atoms with Gasteiger partial charge in [0.05, 0.1) is 0 Å². The first-order valence-electron chi connectivity index (χ1n) is 4.87. The van der Waals surface area contributed by atoms with E-state index in [1.54, 1.807) is 0 Å². The number of aliphatic carboxylic acids is 1. The molecule has 0 saturated heterocycles. The summed E-state index contributed by atoms with van der Waals surface area (Å²) in [6, 6.07) is -0.808. The van der Waals surface area contributed by atoms with E-state index in [0.717, 1.165) is 6.42 Å². The molecule has 4 heteroatoms. The lowest BCUT2D eigenvalue weighted by molar-refractivity contribution is -0.141. The molecule has 4 nitrogen and oxygen atoms in total. The van der Waals surface area contributed by atoms with E-state index in [4.69, 9.17) is 5.11 Å². The minimum Gasteiger partial charge on any atom is -0.480 e. The Kier molecular flexibility index (Phi) is 5.20.